The lowest BCUT2D eigenvalue weighted by atomic mass is 9.91. The molecule has 1 heterocycles. The summed E-state index contributed by atoms with van der Waals surface area (Å²) in [5.41, 5.74) is 0.945. The van der Waals surface area contributed by atoms with Gasteiger partial charge in [0.1, 0.15) is 12.6 Å². The van der Waals surface area contributed by atoms with Gasteiger partial charge in [0.15, 0.2) is 0 Å². The van der Waals surface area contributed by atoms with Crippen LogP contribution in [0.15, 0.2) is 10.5 Å². The van der Waals surface area contributed by atoms with E-state index >= 15 is 0 Å². The maximum absolute atomic E-state index is 11.0. The van der Waals surface area contributed by atoms with Gasteiger partial charge in [-0.1, -0.05) is 20.8 Å². The Kier molecular flexibility index (Phi) is 3.65. The van der Waals surface area contributed by atoms with Gasteiger partial charge < -0.3 is 5.11 Å². The maximum Gasteiger partial charge on any atom is 0.343 e. The predicted octanol–water partition coefficient (Wildman–Crippen LogP) is 2.92. The van der Waals surface area contributed by atoms with E-state index in [0.29, 0.717) is 0 Å². The minimum atomic E-state index is -1.03. The molecule has 0 aliphatic heterocycles. The van der Waals surface area contributed by atoms with Gasteiger partial charge in [-0.15, -0.1) is 0 Å². The highest BCUT2D eigenvalue weighted by molar-refractivity contribution is 9.10. The minimum Gasteiger partial charge on any atom is -0.477 e. The SMILES string of the molecule is C[n+]1c(Cl)c(C(=O)O)cc(Br)c1C(C)(C)C. The van der Waals surface area contributed by atoms with Crippen molar-refractivity contribution in [2.24, 2.45) is 7.05 Å². The van der Waals surface area contributed by atoms with Gasteiger partial charge in [0, 0.05) is 5.41 Å². The van der Waals surface area contributed by atoms with Crippen LogP contribution in [0.2, 0.25) is 5.15 Å². The lowest BCUT2D eigenvalue weighted by Crippen LogP contribution is -2.42. The monoisotopic (exact) mass is 306 g/mol. The van der Waals surface area contributed by atoms with Crippen molar-refractivity contribution in [1.82, 2.24) is 0 Å². The molecule has 0 amide bonds. The van der Waals surface area contributed by atoms with Gasteiger partial charge in [-0.2, -0.15) is 4.57 Å². The van der Waals surface area contributed by atoms with Crippen molar-refractivity contribution >= 4 is 33.5 Å². The van der Waals surface area contributed by atoms with Gasteiger partial charge in [0.05, 0.1) is 4.47 Å². The van der Waals surface area contributed by atoms with Crippen molar-refractivity contribution in [3.05, 3.63) is 26.9 Å². The first-order chi connectivity index (χ1) is 7.16. The number of aromatic carboxylic acids is 1. The molecule has 5 heteroatoms. The summed E-state index contributed by atoms with van der Waals surface area (Å²) >= 11 is 9.43. The van der Waals surface area contributed by atoms with Gasteiger partial charge in [-0.25, -0.2) is 4.79 Å². The number of pyridine rings is 1. The average Bonchev–Trinajstić information content (AvgIpc) is 2.08. The number of halogens is 2. The Labute approximate surface area is 108 Å². The molecule has 1 rings (SSSR count). The molecule has 0 aromatic carbocycles. The molecule has 0 saturated carbocycles. The number of nitrogens with zero attached hydrogens (tertiary/aromatic N) is 1. The van der Waals surface area contributed by atoms with E-state index in [4.69, 9.17) is 16.7 Å². The van der Waals surface area contributed by atoms with Crippen molar-refractivity contribution in [2.75, 3.05) is 0 Å². The van der Waals surface area contributed by atoms with Crippen LogP contribution in [-0.4, -0.2) is 11.1 Å². The molecule has 0 bridgehead atoms. The van der Waals surface area contributed by atoms with E-state index in [9.17, 15) is 4.79 Å². The largest absolute Gasteiger partial charge is 0.477 e. The first kappa shape index (κ1) is 13.5. The normalized spacial score (nSPS) is 11.6. The second kappa shape index (κ2) is 4.34. The van der Waals surface area contributed by atoms with E-state index in [-0.39, 0.29) is 16.1 Å². The average molecular weight is 308 g/mol. The zero-order valence-electron chi connectivity index (χ0n) is 9.64. The summed E-state index contributed by atoms with van der Waals surface area (Å²) in [4.78, 5) is 11.0. The van der Waals surface area contributed by atoms with Crippen LogP contribution < -0.4 is 4.57 Å². The van der Waals surface area contributed by atoms with Crippen LogP contribution in [0.3, 0.4) is 0 Å². The van der Waals surface area contributed by atoms with Crippen LogP contribution in [0.5, 0.6) is 0 Å². The summed E-state index contributed by atoms with van der Waals surface area (Å²) in [6.45, 7) is 6.14. The number of rotatable bonds is 1. The van der Waals surface area contributed by atoms with Gasteiger partial charge in [-0.05, 0) is 33.6 Å². The van der Waals surface area contributed by atoms with Crippen molar-refractivity contribution < 1.29 is 14.5 Å². The molecule has 0 spiro atoms. The summed E-state index contributed by atoms with van der Waals surface area (Å²) in [6, 6.07) is 1.55. The summed E-state index contributed by atoms with van der Waals surface area (Å²) in [5, 5.41) is 9.23. The second-order valence-electron chi connectivity index (χ2n) is 4.66. The van der Waals surface area contributed by atoms with Crippen LogP contribution in [-0.2, 0) is 12.5 Å². The van der Waals surface area contributed by atoms with Crippen LogP contribution in [0.25, 0.3) is 0 Å². The molecule has 0 saturated heterocycles. The Hall–Kier alpha value is -0.610. The second-order valence-corrected chi connectivity index (χ2v) is 5.87. The molecule has 0 unspecified atom stereocenters. The third-order valence-electron chi connectivity index (χ3n) is 2.29. The number of carboxylic acid groups (broad SMARTS) is 1. The van der Waals surface area contributed by atoms with E-state index in [1.807, 2.05) is 20.8 Å². The zero-order valence-corrected chi connectivity index (χ0v) is 12.0. The van der Waals surface area contributed by atoms with E-state index < -0.39 is 5.97 Å². The number of aromatic nitrogens is 1. The lowest BCUT2D eigenvalue weighted by Gasteiger charge is -2.18. The summed E-state index contributed by atoms with van der Waals surface area (Å²) in [7, 11) is 1.76. The third kappa shape index (κ3) is 2.38. The number of hydrogen-bond acceptors (Lipinski definition) is 1. The van der Waals surface area contributed by atoms with Crippen LogP contribution in [0.4, 0.5) is 0 Å². The molecule has 0 atom stereocenters. The topological polar surface area (TPSA) is 41.2 Å². The molecule has 0 fully saturated rings. The Morgan fingerprint density at radius 2 is 2.00 bits per heavy atom. The van der Waals surface area contributed by atoms with Gasteiger partial charge >= 0.3 is 5.97 Å². The maximum atomic E-state index is 11.0. The molecular weight excluding hydrogens is 293 g/mol. The fourth-order valence-electron chi connectivity index (χ4n) is 1.71. The fraction of sp³-hybridized carbons (Fsp3) is 0.455. The van der Waals surface area contributed by atoms with Crippen LogP contribution in [0.1, 0.15) is 36.8 Å². The first-order valence-corrected chi connectivity index (χ1v) is 5.95. The number of hydrogen-bond donors (Lipinski definition) is 1. The first-order valence-electron chi connectivity index (χ1n) is 4.78. The smallest absolute Gasteiger partial charge is 0.343 e. The Bertz CT molecular complexity index is 452. The molecule has 3 nitrogen and oxygen atoms in total. The van der Waals surface area contributed by atoms with E-state index in [1.165, 1.54) is 0 Å². The molecule has 0 aliphatic rings. The quantitative estimate of drug-likeness (QED) is 0.640. The minimum absolute atomic E-state index is 0.101. The molecule has 1 aromatic rings. The summed E-state index contributed by atoms with van der Waals surface area (Å²) in [5.74, 6) is -1.03. The number of carboxylic acids is 1. The van der Waals surface area contributed by atoms with Gasteiger partial charge in [0.2, 0.25) is 5.69 Å². The molecule has 1 N–H and O–H groups in total. The predicted molar refractivity (Wildman–Crippen MR) is 66.0 cm³/mol. The summed E-state index contributed by atoms with van der Waals surface area (Å²) < 4.78 is 2.46. The van der Waals surface area contributed by atoms with E-state index in [2.05, 4.69) is 15.9 Å². The standard InChI is InChI=1S/C11H13BrClNO2/c1-11(2,3)8-7(12)5-6(10(15)16)9(13)14(8)4/h5H,1-4H3/p+1. The molecular formula is C11H14BrClNO2+. The van der Waals surface area contributed by atoms with Gasteiger partial charge in [-0.3, -0.25) is 0 Å². The summed E-state index contributed by atoms with van der Waals surface area (Å²) in [6.07, 6.45) is 0. The van der Waals surface area contributed by atoms with E-state index in [0.717, 1.165) is 10.2 Å². The molecule has 16 heavy (non-hydrogen) atoms. The molecule has 1 aromatic heterocycles. The Morgan fingerprint density at radius 3 is 2.38 bits per heavy atom. The van der Waals surface area contributed by atoms with Gasteiger partial charge in [0.25, 0.3) is 5.15 Å². The Morgan fingerprint density at radius 1 is 1.50 bits per heavy atom. The van der Waals surface area contributed by atoms with Crippen molar-refractivity contribution in [2.45, 2.75) is 26.2 Å². The highest BCUT2D eigenvalue weighted by atomic mass is 79.9. The van der Waals surface area contributed by atoms with Crippen LogP contribution in [0, 0.1) is 0 Å². The van der Waals surface area contributed by atoms with E-state index in [1.54, 1.807) is 17.7 Å². The highest BCUT2D eigenvalue weighted by Crippen LogP contribution is 2.29. The van der Waals surface area contributed by atoms with Crippen molar-refractivity contribution in [3.63, 3.8) is 0 Å². The van der Waals surface area contributed by atoms with Crippen molar-refractivity contribution in [1.29, 1.82) is 0 Å². The molecule has 0 aliphatic carbocycles. The Balaban J connectivity index is 3.59. The zero-order chi connectivity index (χ0) is 12.7. The highest BCUT2D eigenvalue weighted by Gasteiger charge is 2.32. The molecule has 88 valence electrons. The third-order valence-corrected chi connectivity index (χ3v) is 3.35. The fourth-order valence-corrected chi connectivity index (χ4v) is 3.01. The lowest BCUT2D eigenvalue weighted by molar-refractivity contribution is -0.681. The number of carbonyl (C=O) groups is 1. The van der Waals surface area contributed by atoms with Crippen molar-refractivity contribution in [3.8, 4) is 0 Å². The molecule has 0 radical (unpaired) electrons. The van der Waals surface area contributed by atoms with Crippen LogP contribution >= 0.6 is 27.5 Å².